The number of amides is 1. The lowest BCUT2D eigenvalue weighted by Crippen LogP contribution is -2.30. The number of carbonyl (C=O) groups excluding carboxylic acids is 1. The average molecular weight is 467 g/mol. The first-order valence-electron chi connectivity index (χ1n) is 7.55. The minimum absolute atomic E-state index is 0.0853. The number of benzene rings is 3. The highest BCUT2D eigenvalue weighted by atomic mass is 79.9. The fraction of sp³-hybridized carbons (Fsp3) is 0.105. The minimum Gasteiger partial charge on any atom is -0.481 e. The van der Waals surface area contributed by atoms with E-state index >= 15 is 0 Å². The summed E-state index contributed by atoms with van der Waals surface area (Å²) in [6.07, 6.45) is -0.781. The molecule has 0 heterocycles. The van der Waals surface area contributed by atoms with E-state index in [0.717, 1.165) is 10.8 Å². The van der Waals surface area contributed by atoms with E-state index in [0.29, 0.717) is 14.7 Å². The van der Waals surface area contributed by atoms with E-state index in [9.17, 15) is 9.18 Å². The predicted molar refractivity (Wildman–Crippen MR) is 104 cm³/mol. The van der Waals surface area contributed by atoms with Crippen molar-refractivity contribution in [2.45, 2.75) is 13.0 Å². The van der Waals surface area contributed by atoms with E-state index in [1.165, 1.54) is 6.07 Å². The molecule has 25 heavy (non-hydrogen) atoms. The molecule has 128 valence electrons. The van der Waals surface area contributed by atoms with Crippen molar-refractivity contribution < 1.29 is 13.9 Å². The van der Waals surface area contributed by atoms with Gasteiger partial charge < -0.3 is 10.1 Å². The third kappa shape index (κ3) is 4.19. The van der Waals surface area contributed by atoms with Crippen LogP contribution < -0.4 is 10.1 Å². The van der Waals surface area contributed by atoms with E-state index < -0.39 is 17.8 Å². The van der Waals surface area contributed by atoms with Crippen LogP contribution in [0.2, 0.25) is 0 Å². The van der Waals surface area contributed by atoms with Crippen molar-refractivity contribution >= 4 is 54.2 Å². The van der Waals surface area contributed by atoms with Gasteiger partial charge in [-0.05, 0) is 57.9 Å². The second kappa shape index (κ2) is 7.54. The van der Waals surface area contributed by atoms with Crippen LogP contribution in [0.5, 0.6) is 5.75 Å². The van der Waals surface area contributed by atoms with Crippen LogP contribution in [-0.4, -0.2) is 12.0 Å². The molecule has 0 bridgehead atoms. The van der Waals surface area contributed by atoms with E-state index in [-0.39, 0.29) is 5.69 Å². The maximum atomic E-state index is 14.0. The monoisotopic (exact) mass is 465 g/mol. The molecule has 3 rings (SSSR count). The molecular formula is C19H14Br2FNO2. The highest BCUT2D eigenvalue weighted by Crippen LogP contribution is 2.30. The molecule has 0 spiro atoms. The number of nitrogens with one attached hydrogen (secondary N) is 1. The van der Waals surface area contributed by atoms with Crippen LogP contribution in [0.4, 0.5) is 10.1 Å². The number of hydrogen-bond donors (Lipinski definition) is 1. The maximum Gasteiger partial charge on any atom is 0.265 e. The summed E-state index contributed by atoms with van der Waals surface area (Å²) in [5, 5.41) is 4.67. The van der Waals surface area contributed by atoms with Crippen molar-refractivity contribution in [3.8, 4) is 5.75 Å². The SMILES string of the molecule is CC(Oc1ccc2ccccc2c1)C(=O)Nc1c(F)cc(Br)cc1Br. The summed E-state index contributed by atoms with van der Waals surface area (Å²) in [6.45, 7) is 1.62. The van der Waals surface area contributed by atoms with Gasteiger partial charge in [0.05, 0.1) is 5.69 Å². The molecule has 0 aliphatic heterocycles. The van der Waals surface area contributed by atoms with Crippen molar-refractivity contribution in [2.75, 3.05) is 5.32 Å². The molecule has 6 heteroatoms. The predicted octanol–water partition coefficient (Wildman–Crippen LogP) is 5.91. The van der Waals surface area contributed by atoms with E-state index in [1.54, 1.807) is 13.0 Å². The Morgan fingerprint density at radius 2 is 1.80 bits per heavy atom. The second-order valence-corrected chi connectivity index (χ2v) is 7.27. The molecule has 0 aliphatic rings. The molecule has 1 amide bonds. The summed E-state index contributed by atoms with van der Waals surface area (Å²) in [5.74, 6) is -0.390. The van der Waals surface area contributed by atoms with Gasteiger partial charge in [0.25, 0.3) is 5.91 Å². The molecule has 0 aromatic heterocycles. The van der Waals surface area contributed by atoms with Gasteiger partial charge in [0, 0.05) is 8.95 Å². The van der Waals surface area contributed by atoms with Crippen LogP contribution in [0.25, 0.3) is 10.8 Å². The number of carbonyl (C=O) groups is 1. The molecule has 3 nitrogen and oxygen atoms in total. The molecule has 1 unspecified atom stereocenters. The summed E-state index contributed by atoms with van der Waals surface area (Å²) >= 11 is 6.44. The van der Waals surface area contributed by atoms with E-state index in [1.807, 2.05) is 42.5 Å². The number of ether oxygens (including phenoxy) is 1. The molecule has 0 saturated heterocycles. The fourth-order valence-corrected chi connectivity index (χ4v) is 3.66. The quantitative estimate of drug-likeness (QED) is 0.519. The summed E-state index contributed by atoms with van der Waals surface area (Å²) in [7, 11) is 0. The van der Waals surface area contributed by atoms with E-state index in [2.05, 4.69) is 37.2 Å². The van der Waals surface area contributed by atoms with Gasteiger partial charge in [-0.25, -0.2) is 4.39 Å². The Hall–Kier alpha value is -1.92. The van der Waals surface area contributed by atoms with Crippen molar-refractivity contribution in [1.82, 2.24) is 0 Å². The lowest BCUT2D eigenvalue weighted by molar-refractivity contribution is -0.122. The Bertz CT molecular complexity index is 923. The first-order chi connectivity index (χ1) is 11.9. The summed E-state index contributed by atoms with van der Waals surface area (Å²) in [6, 6.07) is 16.4. The Balaban J connectivity index is 1.74. The number of halogens is 3. The van der Waals surface area contributed by atoms with Crippen LogP contribution >= 0.6 is 31.9 Å². The lowest BCUT2D eigenvalue weighted by Gasteiger charge is -2.16. The molecule has 0 saturated carbocycles. The molecule has 0 radical (unpaired) electrons. The molecule has 3 aromatic rings. The molecule has 1 N–H and O–H groups in total. The van der Waals surface area contributed by atoms with Gasteiger partial charge >= 0.3 is 0 Å². The van der Waals surface area contributed by atoms with Gasteiger partial charge in [0.2, 0.25) is 0 Å². The molecular weight excluding hydrogens is 453 g/mol. The Morgan fingerprint density at radius 3 is 2.52 bits per heavy atom. The van der Waals surface area contributed by atoms with Crippen LogP contribution in [0, 0.1) is 5.82 Å². The third-order valence-corrected chi connectivity index (χ3v) is 4.74. The zero-order valence-electron chi connectivity index (χ0n) is 13.2. The van der Waals surface area contributed by atoms with Crippen LogP contribution in [0.1, 0.15) is 6.92 Å². The van der Waals surface area contributed by atoms with Crippen molar-refractivity contribution in [3.05, 3.63) is 69.4 Å². The summed E-state index contributed by atoms with van der Waals surface area (Å²) in [4.78, 5) is 12.3. The van der Waals surface area contributed by atoms with Gasteiger partial charge in [-0.3, -0.25) is 4.79 Å². The Labute approximate surface area is 161 Å². The number of anilines is 1. The first kappa shape index (κ1) is 17.9. The van der Waals surface area contributed by atoms with Crippen LogP contribution in [0.3, 0.4) is 0 Å². The minimum atomic E-state index is -0.781. The molecule has 3 aromatic carbocycles. The Kier molecular flexibility index (Phi) is 5.39. The fourth-order valence-electron chi connectivity index (χ4n) is 2.38. The molecule has 0 aliphatic carbocycles. The average Bonchev–Trinajstić information content (AvgIpc) is 2.57. The molecule has 0 fully saturated rings. The zero-order chi connectivity index (χ0) is 18.0. The topological polar surface area (TPSA) is 38.3 Å². The zero-order valence-corrected chi connectivity index (χ0v) is 16.4. The lowest BCUT2D eigenvalue weighted by atomic mass is 10.1. The van der Waals surface area contributed by atoms with Gasteiger partial charge in [-0.15, -0.1) is 0 Å². The largest absolute Gasteiger partial charge is 0.481 e. The smallest absolute Gasteiger partial charge is 0.265 e. The second-order valence-electron chi connectivity index (χ2n) is 5.50. The third-order valence-electron chi connectivity index (χ3n) is 3.66. The number of rotatable bonds is 4. The van der Waals surface area contributed by atoms with Crippen LogP contribution in [-0.2, 0) is 4.79 Å². The molecule has 1 atom stereocenters. The van der Waals surface area contributed by atoms with E-state index in [4.69, 9.17) is 4.74 Å². The van der Waals surface area contributed by atoms with Crippen molar-refractivity contribution in [1.29, 1.82) is 0 Å². The Morgan fingerprint density at radius 1 is 1.08 bits per heavy atom. The number of fused-ring (bicyclic) bond motifs is 1. The maximum absolute atomic E-state index is 14.0. The normalized spacial score (nSPS) is 12.0. The van der Waals surface area contributed by atoms with Gasteiger partial charge in [0.15, 0.2) is 6.10 Å². The van der Waals surface area contributed by atoms with Gasteiger partial charge in [0.1, 0.15) is 11.6 Å². The highest BCUT2D eigenvalue weighted by molar-refractivity contribution is 9.11. The van der Waals surface area contributed by atoms with Gasteiger partial charge in [-0.2, -0.15) is 0 Å². The number of hydrogen-bond acceptors (Lipinski definition) is 2. The highest BCUT2D eigenvalue weighted by Gasteiger charge is 2.18. The standard InChI is InChI=1S/C19H14Br2FNO2/c1-11(19(24)23-18-16(21)9-14(20)10-17(18)22)25-15-7-6-12-4-2-3-5-13(12)8-15/h2-11H,1H3,(H,23,24). The first-order valence-corrected chi connectivity index (χ1v) is 9.13. The van der Waals surface area contributed by atoms with Crippen LogP contribution in [0.15, 0.2) is 63.5 Å². The van der Waals surface area contributed by atoms with Gasteiger partial charge in [-0.1, -0.05) is 46.3 Å². The van der Waals surface area contributed by atoms with Crippen molar-refractivity contribution in [3.63, 3.8) is 0 Å². The van der Waals surface area contributed by atoms with Crippen molar-refractivity contribution in [2.24, 2.45) is 0 Å². The summed E-state index contributed by atoms with van der Waals surface area (Å²) < 4.78 is 20.8. The summed E-state index contributed by atoms with van der Waals surface area (Å²) in [5.41, 5.74) is 0.0853.